The van der Waals surface area contributed by atoms with Crippen LogP contribution in [-0.2, 0) is 13.1 Å². The van der Waals surface area contributed by atoms with Crippen LogP contribution in [0.2, 0.25) is 0 Å². The third-order valence-corrected chi connectivity index (χ3v) is 4.91. The number of carbonyl (C=O) groups is 1. The lowest BCUT2D eigenvalue weighted by molar-refractivity contribution is 0.131. The van der Waals surface area contributed by atoms with Gasteiger partial charge in [0.1, 0.15) is 6.04 Å². The molecule has 146 valence electrons. The molecule has 8 heteroatoms. The molecule has 8 nitrogen and oxygen atoms in total. The Hall–Kier alpha value is -3.16. The van der Waals surface area contributed by atoms with Crippen molar-refractivity contribution in [3.63, 3.8) is 0 Å². The van der Waals surface area contributed by atoms with Crippen molar-refractivity contribution < 1.29 is 9.32 Å². The first-order valence-electron chi connectivity index (χ1n) is 9.59. The van der Waals surface area contributed by atoms with Crippen molar-refractivity contribution in [3.8, 4) is 0 Å². The normalized spacial score (nSPS) is 16.9. The maximum atomic E-state index is 12.8. The number of carbonyl (C=O) groups excluding carboxylic acids is 1. The third-order valence-electron chi connectivity index (χ3n) is 4.91. The SMILES string of the molecule is Cc1noc([C@H]2CCCCN2C(=O)NCc2cnn(Cc3ccccc3)c2)n1. The Bertz CT molecular complexity index is 920. The van der Waals surface area contributed by atoms with Crippen molar-refractivity contribution in [2.24, 2.45) is 0 Å². The molecular weight excluding hydrogens is 356 g/mol. The third kappa shape index (κ3) is 4.21. The van der Waals surface area contributed by atoms with Crippen LogP contribution in [0.5, 0.6) is 0 Å². The molecule has 0 aliphatic carbocycles. The second kappa shape index (κ2) is 8.24. The van der Waals surface area contributed by atoms with E-state index < -0.39 is 0 Å². The average molecular weight is 380 g/mol. The summed E-state index contributed by atoms with van der Waals surface area (Å²) >= 11 is 0. The molecule has 1 atom stereocenters. The van der Waals surface area contributed by atoms with Crippen molar-refractivity contribution in [1.82, 2.24) is 30.1 Å². The summed E-state index contributed by atoms with van der Waals surface area (Å²) in [6.07, 6.45) is 6.61. The molecule has 0 unspecified atom stereocenters. The Morgan fingerprint density at radius 3 is 2.89 bits per heavy atom. The van der Waals surface area contributed by atoms with Gasteiger partial charge in [-0.1, -0.05) is 35.5 Å². The molecular formula is C20H24N6O2. The zero-order valence-electron chi connectivity index (χ0n) is 15.9. The molecule has 0 bridgehead atoms. The molecule has 0 radical (unpaired) electrons. The number of urea groups is 1. The standard InChI is InChI=1S/C20H24N6O2/c1-15-23-19(28-24-15)18-9-5-6-10-26(18)20(27)21-11-17-12-22-25(14-17)13-16-7-3-2-4-8-16/h2-4,7-8,12,14,18H,5-6,9-11,13H2,1H3,(H,21,27)/t18-/m1/s1. The van der Waals surface area contributed by atoms with Gasteiger partial charge in [0.2, 0.25) is 5.89 Å². The zero-order chi connectivity index (χ0) is 19.3. The van der Waals surface area contributed by atoms with Crippen molar-refractivity contribution in [3.05, 3.63) is 65.6 Å². The van der Waals surface area contributed by atoms with Gasteiger partial charge in [0.15, 0.2) is 5.82 Å². The van der Waals surface area contributed by atoms with E-state index in [1.54, 1.807) is 18.0 Å². The largest absolute Gasteiger partial charge is 0.337 e. The fourth-order valence-corrected chi connectivity index (χ4v) is 3.51. The van der Waals surface area contributed by atoms with Gasteiger partial charge < -0.3 is 14.7 Å². The van der Waals surface area contributed by atoms with E-state index in [4.69, 9.17) is 4.52 Å². The number of nitrogens with zero attached hydrogens (tertiary/aromatic N) is 5. The lowest BCUT2D eigenvalue weighted by Gasteiger charge is -2.33. The molecule has 1 N–H and O–H groups in total. The molecule has 1 saturated heterocycles. The van der Waals surface area contributed by atoms with E-state index in [0.717, 1.165) is 24.8 Å². The second-order valence-electron chi connectivity index (χ2n) is 7.08. The molecule has 3 aromatic rings. The molecule has 3 heterocycles. The highest BCUT2D eigenvalue weighted by molar-refractivity contribution is 5.74. The summed E-state index contributed by atoms with van der Waals surface area (Å²) in [6, 6.07) is 9.89. The zero-order valence-corrected chi connectivity index (χ0v) is 15.9. The molecule has 2 amide bonds. The van der Waals surface area contributed by atoms with Gasteiger partial charge in [-0.15, -0.1) is 0 Å². The second-order valence-corrected chi connectivity index (χ2v) is 7.08. The van der Waals surface area contributed by atoms with Gasteiger partial charge in [-0.25, -0.2) is 4.79 Å². The summed E-state index contributed by atoms with van der Waals surface area (Å²) in [5.74, 6) is 1.11. The Morgan fingerprint density at radius 2 is 2.11 bits per heavy atom. The molecule has 4 rings (SSSR count). The highest BCUT2D eigenvalue weighted by Crippen LogP contribution is 2.29. The Morgan fingerprint density at radius 1 is 1.25 bits per heavy atom. The fraction of sp³-hybridized carbons (Fsp3) is 0.400. The summed E-state index contributed by atoms with van der Waals surface area (Å²) < 4.78 is 7.19. The smallest absolute Gasteiger partial charge is 0.318 e. The minimum atomic E-state index is -0.157. The minimum absolute atomic E-state index is 0.114. The molecule has 28 heavy (non-hydrogen) atoms. The monoisotopic (exact) mass is 380 g/mol. The number of piperidine rings is 1. The summed E-state index contributed by atoms with van der Waals surface area (Å²) in [7, 11) is 0. The molecule has 1 aromatic carbocycles. The van der Waals surface area contributed by atoms with Gasteiger partial charge in [-0.05, 0) is 31.7 Å². The van der Waals surface area contributed by atoms with Gasteiger partial charge in [0, 0.05) is 24.8 Å². The van der Waals surface area contributed by atoms with E-state index in [1.165, 1.54) is 5.56 Å². The quantitative estimate of drug-likeness (QED) is 0.735. The highest BCUT2D eigenvalue weighted by atomic mass is 16.5. The lowest BCUT2D eigenvalue weighted by Crippen LogP contribution is -2.44. The van der Waals surface area contributed by atoms with Crippen LogP contribution in [0, 0.1) is 6.92 Å². The van der Waals surface area contributed by atoms with Crippen LogP contribution in [0.3, 0.4) is 0 Å². The van der Waals surface area contributed by atoms with Gasteiger partial charge in [0.05, 0.1) is 12.7 Å². The van der Waals surface area contributed by atoms with Crippen molar-refractivity contribution >= 4 is 6.03 Å². The van der Waals surface area contributed by atoms with Crippen LogP contribution in [0.4, 0.5) is 4.79 Å². The summed E-state index contributed by atoms with van der Waals surface area (Å²) in [5, 5.41) is 11.2. The topological polar surface area (TPSA) is 89.1 Å². The number of amides is 2. The summed E-state index contributed by atoms with van der Waals surface area (Å²) in [6.45, 7) is 3.61. The maximum Gasteiger partial charge on any atom is 0.318 e. The number of nitrogens with one attached hydrogen (secondary N) is 1. The first-order chi connectivity index (χ1) is 13.7. The average Bonchev–Trinajstić information content (AvgIpc) is 3.36. The molecule has 0 saturated carbocycles. The summed E-state index contributed by atoms with van der Waals surface area (Å²) in [5.41, 5.74) is 2.15. The first-order valence-corrected chi connectivity index (χ1v) is 9.59. The fourth-order valence-electron chi connectivity index (χ4n) is 3.51. The maximum absolute atomic E-state index is 12.8. The first kappa shape index (κ1) is 18.2. The van der Waals surface area contributed by atoms with E-state index in [2.05, 4.69) is 32.7 Å². The van der Waals surface area contributed by atoms with Crippen molar-refractivity contribution in [2.45, 2.75) is 45.3 Å². The van der Waals surface area contributed by atoms with E-state index in [1.807, 2.05) is 29.1 Å². The number of hydrogen-bond acceptors (Lipinski definition) is 5. The lowest BCUT2D eigenvalue weighted by atomic mass is 10.0. The van der Waals surface area contributed by atoms with E-state index in [9.17, 15) is 4.79 Å². The van der Waals surface area contributed by atoms with Crippen LogP contribution in [0.1, 0.15) is 48.1 Å². The van der Waals surface area contributed by atoms with E-state index in [0.29, 0.717) is 31.3 Å². The molecule has 2 aromatic heterocycles. The Labute approximate surface area is 163 Å². The molecule has 0 spiro atoms. The minimum Gasteiger partial charge on any atom is -0.337 e. The van der Waals surface area contributed by atoms with Crippen LogP contribution in [0.15, 0.2) is 47.2 Å². The summed E-state index contributed by atoms with van der Waals surface area (Å²) in [4.78, 5) is 18.9. The number of aromatic nitrogens is 4. The number of hydrogen-bond donors (Lipinski definition) is 1. The Balaban J connectivity index is 1.35. The van der Waals surface area contributed by atoms with Crippen LogP contribution in [0.25, 0.3) is 0 Å². The Kier molecular flexibility index (Phi) is 5.36. The number of likely N-dealkylation sites (tertiary alicyclic amines) is 1. The van der Waals surface area contributed by atoms with Crippen molar-refractivity contribution in [2.75, 3.05) is 6.54 Å². The predicted octanol–water partition coefficient (Wildman–Crippen LogP) is 3.06. The van der Waals surface area contributed by atoms with Gasteiger partial charge in [0.25, 0.3) is 0 Å². The predicted molar refractivity (Wildman–Crippen MR) is 102 cm³/mol. The molecule has 1 fully saturated rings. The van der Waals surface area contributed by atoms with Gasteiger partial charge in [-0.3, -0.25) is 4.68 Å². The van der Waals surface area contributed by atoms with E-state index >= 15 is 0 Å². The van der Waals surface area contributed by atoms with Gasteiger partial charge in [-0.2, -0.15) is 10.1 Å². The van der Waals surface area contributed by atoms with Gasteiger partial charge >= 0.3 is 6.03 Å². The molecule has 1 aliphatic heterocycles. The number of benzene rings is 1. The van der Waals surface area contributed by atoms with Crippen molar-refractivity contribution in [1.29, 1.82) is 0 Å². The van der Waals surface area contributed by atoms with Crippen LogP contribution < -0.4 is 5.32 Å². The number of rotatable bonds is 5. The van der Waals surface area contributed by atoms with E-state index in [-0.39, 0.29) is 12.1 Å². The number of aryl methyl sites for hydroxylation is 1. The highest BCUT2D eigenvalue weighted by Gasteiger charge is 2.31. The van der Waals surface area contributed by atoms with Crippen LogP contribution in [-0.4, -0.2) is 37.4 Å². The van der Waals surface area contributed by atoms with Crippen LogP contribution >= 0.6 is 0 Å². The molecule has 1 aliphatic rings.